The minimum atomic E-state index is 0.400. The topological polar surface area (TPSA) is 61.3 Å². The van der Waals surface area contributed by atoms with Crippen molar-refractivity contribution in [3.05, 3.63) is 29.8 Å². The highest BCUT2D eigenvalue weighted by Gasteiger charge is 2.23. The normalized spacial score (nSPS) is 14.1. The SMILES string of the molecule is Nc1nc2c(c3c1oc1ccccc13)CCO2. The van der Waals surface area contributed by atoms with Crippen molar-refractivity contribution in [3.63, 3.8) is 0 Å². The number of para-hydroxylation sites is 1. The zero-order valence-electron chi connectivity index (χ0n) is 9.06. The first-order chi connectivity index (χ1) is 8.34. The number of hydrogen-bond acceptors (Lipinski definition) is 4. The zero-order valence-corrected chi connectivity index (χ0v) is 9.06. The lowest BCUT2D eigenvalue weighted by atomic mass is 10.1. The van der Waals surface area contributed by atoms with Crippen molar-refractivity contribution in [2.75, 3.05) is 12.3 Å². The molecule has 4 nitrogen and oxygen atoms in total. The fourth-order valence-corrected chi connectivity index (χ4v) is 2.46. The number of rotatable bonds is 0. The van der Waals surface area contributed by atoms with Gasteiger partial charge in [0.05, 0.1) is 6.61 Å². The third-order valence-corrected chi connectivity index (χ3v) is 3.20. The summed E-state index contributed by atoms with van der Waals surface area (Å²) in [5.41, 5.74) is 8.54. The lowest BCUT2D eigenvalue weighted by molar-refractivity contribution is 0.345. The third kappa shape index (κ3) is 1.04. The smallest absolute Gasteiger partial charge is 0.219 e. The van der Waals surface area contributed by atoms with Crippen LogP contribution in [0.15, 0.2) is 28.7 Å². The average Bonchev–Trinajstić information content (AvgIpc) is 2.91. The van der Waals surface area contributed by atoms with Crippen LogP contribution in [0.25, 0.3) is 21.9 Å². The van der Waals surface area contributed by atoms with Crippen LogP contribution in [0.1, 0.15) is 5.56 Å². The number of pyridine rings is 1. The third-order valence-electron chi connectivity index (χ3n) is 3.20. The summed E-state index contributed by atoms with van der Waals surface area (Å²) >= 11 is 0. The molecule has 0 amide bonds. The number of nitrogens with zero attached hydrogens (tertiary/aromatic N) is 1. The van der Waals surface area contributed by atoms with Crippen LogP contribution in [-0.4, -0.2) is 11.6 Å². The van der Waals surface area contributed by atoms with Gasteiger partial charge in [0.1, 0.15) is 5.58 Å². The van der Waals surface area contributed by atoms with Gasteiger partial charge in [-0.25, -0.2) is 0 Å². The number of fused-ring (bicyclic) bond motifs is 5. The minimum absolute atomic E-state index is 0.400. The summed E-state index contributed by atoms with van der Waals surface area (Å²) in [5.74, 6) is 1.05. The van der Waals surface area contributed by atoms with Crippen molar-refractivity contribution >= 4 is 27.8 Å². The molecule has 2 aromatic heterocycles. The number of aromatic nitrogens is 1. The van der Waals surface area contributed by atoms with Crippen molar-refractivity contribution in [2.45, 2.75) is 6.42 Å². The van der Waals surface area contributed by atoms with Crippen LogP contribution < -0.4 is 10.5 Å². The standard InChI is InChI=1S/C13H10N2O2/c14-12-11-10(8-5-6-16-13(8)15-12)7-3-1-2-4-9(7)17-11/h1-4H,5-6H2,(H2,14,15). The van der Waals surface area contributed by atoms with Crippen LogP contribution >= 0.6 is 0 Å². The summed E-state index contributed by atoms with van der Waals surface area (Å²) < 4.78 is 11.2. The van der Waals surface area contributed by atoms with Crippen LogP contribution in [0.4, 0.5) is 5.82 Å². The molecule has 3 heterocycles. The van der Waals surface area contributed by atoms with Crippen molar-refractivity contribution in [1.82, 2.24) is 4.98 Å². The van der Waals surface area contributed by atoms with E-state index in [9.17, 15) is 0 Å². The van der Waals surface area contributed by atoms with E-state index in [0.29, 0.717) is 23.9 Å². The maximum absolute atomic E-state index is 5.91. The van der Waals surface area contributed by atoms with E-state index in [0.717, 1.165) is 28.3 Å². The Hall–Kier alpha value is -2.23. The second kappa shape index (κ2) is 2.91. The second-order valence-corrected chi connectivity index (χ2v) is 4.18. The summed E-state index contributed by atoms with van der Waals surface area (Å²) in [6.45, 7) is 0.667. The first kappa shape index (κ1) is 8.87. The summed E-state index contributed by atoms with van der Waals surface area (Å²) in [6.07, 6.45) is 0.864. The molecule has 4 heteroatoms. The van der Waals surface area contributed by atoms with Crippen LogP contribution in [0.2, 0.25) is 0 Å². The molecule has 1 aliphatic heterocycles. The number of hydrogen-bond donors (Lipinski definition) is 1. The van der Waals surface area contributed by atoms with E-state index in [4.69, 9.17) is 14.9 Å². The fraction of sp³-hybridized carbons (Fsp3) is 0.154. The first-order valence-corrected chi connectivity index (χ1v) is 5.57. The van der Waals surface area contributed by atoms with E-state index in [1.54, 1.807) is 0 Å². The Morgan fingerprint density at radius 2 is 2.12 bits per heavy atom. The van der Waals surface area contributed by atoms with E-state index in [1.807, 2.05) is 24.3 Å². The van der Waals surface area contributed by atoms with Gasteiger partial charge in [-0.15, -0.1) is 0 Å². The largest absolute Gasteiger partial charge is 0.477 e. The number of nitrogen functional groups attached to an aromatic ring is 1. The van der Waals surface area contributed by atoms with Crippen LogP contribution in [-0.2, 0) is 6.42 Å². The lowest BCUT2D eigenvalue weighted by Crippen LogP contribution is -1.93. The molecule has 4 rings (SSSR count). The van der Waals surface area contributed by atoms with Gasteiger partial charge < -0.3 is 14.9 Å². The van der Waals surface area contributed by atoms with Gasteiger partial charge in [0.25, 0.3) is 0 Å². The molecule has 0 unspecified atom stereocenters. The quantitative estimate of drug-likeness (QED) is 0.639. The minimum Gasteiger partial charge on any atom is -0.477 e. The first-order valence-electron chi connectivity index (χ1n) is 5.57. The number of nitrogens with two attached hydrogens (primary N) is 1. The van der Waals surface area contributed by atoms with E-state index in [-0.39, 0.29) is 0 Å². The molecule has 0 aliphatic carbocycles. The number of anilines is 1. The Morgan fingerprint density at radius 3 is 3.06 bits per heavy atom. The molecule has 0 bridgehead atoms. The summed E-state index contributed by atoms with van der Waals surface area (Å²) in [5, 5.41) is 2.14. The van der Waals surface area contributed by atoms with Crippen LogP contribution in [0.3, 0.4) is 0 Å². The van der Waals surface area contributed by atoms with Gasteiger partial charge >= 0.3 is 0 Å². The summed E-state index contributed by atoms with van der Waals surface area (Å²) in [7, 11) is 0. The fourth-order valence-electron chi connectivity index (χ4n) is 2.46. The maximum Gasteiger partial charge on any atom is 0.219 e. The lowest BCUT2D eigenvalue weighted by Gasteiger charge is -2.00. The van der Waals surface area contributed by atoms with Crippen molar-refractivity contribution in [3.8, 4) is 5.88 Å². The Bertz CT molecular complexity index is 746. The molecule has 0 saturated carbocycles. The molecule has 2 N–H and O–H groups in total. The molecule has 1 aromatic carbocycles. The van der Waals surface area contributed by atoms with E-state index >= 15 is 0 Å². The average molecular weight is 226 g/mol. The van der Waals surface area contributed by atoms with Crippen LogP contribution in [0.5, 0.6) is 5.88 Å². The molecule has 0 saturated heterocycles. The summed E-state index contributed by atoms with van der Waals surface area (Å²) in [4.78, 5) is 4.24. The molecule has 0 atom stereocenters. The van der Waals surface area contributed by atoms with E-state index < -0.39 is 0 Å². The summed E-state index contributed by atoms with van der Waals surface area (Å²) in [6, 6.07) is 7.93. The highest BCUT2D eigenvalue weighted by molar-refractivity contribution is 6.10. The molecule has 0 fully saturated rings. The van der Waals surface area contributed by atoms with Crippen LogP contribution in [0, 0.1) is 0 Å². The molecular weight excluding hydrogens is 216 g/mol. The Morgan fingerprint density at radius 1 is 1.24 bits per heavy atom. The Kier molecular flexibility index (Phi) is 1.52. The highest BCUT2D eigenvalue weighted by atomic mass is 16.5. The molecule has 0 radical (unpaired) electrons. The molecule has 17 heavy (non-hydrogen) atoms. The number of ether oxygens (including phenoxy) is 1. The molecular formula is C13H10N2O2. The second-order valence-electron chi connectivity index (χ2n) is 4.18. The Balaban J connectivity index is 2.30. The molecule has 3 aromatic rings. The van der Waals surface area contributed by atoms with Crippen molar-refractivity contribution in [1.29, 1.82) is 0 Å². The monoisotopic (exact) mass is 226 g/mol. The maximum atomic E-state index is 5.91. The van der Waals surface area contributed by atoms with Gasteiger partial charge in [0, 0.05) is 22.8 Å². The van der Waals surface area contributed by atoms with Crippen molar-refractivity contribution < 1.29 is 9.15 Å². The number of furan rings is 1. The predicted molar refractivity (Wildman–Crippen MR) is 65.1 cm³/mol. The van der Waals surface area contributed by atoms with Gasteiger partial charge in [-0.2, -0.15) is 4.98 Å². The van der Waals surface area contributed by atoms with Gasteiger partial charge in [-0.3, -0.25) is 0 Å². The van der Waals surface area contributed by atoms with E-state index in [2.05, 4.69) is 4.98 Å². The van der Waals surface area contributed by atoms with Gasteiger partial charge in [0.2, 0.25) is 5.88 Å². The van der Waals surface area contributed by atoms with Gasteiger partial charge in [0.15, 0.2) is 11.4 Å². The van der Waals surface area contributed by atoms with Crippen molar-refractivity contribution in [2.24, 2.45) is 0 Å². The molecule has 0 spiro atoms. The molecule has 1 aliphatic rings. The van der Waals surface area contributed by atoms with Gasteiger partial charge in [-0.05, 0) is 6.07 Å². The van der Waals surface area contributed by atoms with Gasteiger partial charge in [-0.1, -0.05) is 18.2 Å². The predicted octanol–water partition coefficient (Wildman–Crippen LogP) is 2.50. The Labute approximate surface area is 97.0 Å². The molecule has 84 valence electrons. The highest BCUT2D eigenvalue weighted by Crippen LogP contribution is 2.39. The van der Waals surface area contributed by atoms with E-state index in [1.165, 1.54) is 0 Å². The number of benzene rings is 1. The zero-order chi connectivity index (χ0) is 11.4.